The molecule has 0 saturated carbocycles. The maximum absolute atomic E-state index is 11.4. The molecule has 2 aromatic heterocycles. The second-order valence-electron chi connectivity index (χ2n) is 6.16. The fourth-order valence-corrected chi connectivity index (χ4v) is 3.24. The summed E-state index contributed by atoms with van der Waals surface area (Å²) < 4.78 is 2.76. The van der Waals surface area contributed by atoms with Gasteiger partial charge in [-0.25, -0.2) is 14.5 Å². The van der Waals surface area contributed by atoms with Crippen LogP contribution in [0, 0.1) is 8.99 Å². The molecule has 0 atom stereocenters. The Kier molecular flexibility index (Phi) is 3.51. The highest BCUT2D eigenvalue weighted by molar-refractivity contribution is 14.1. The lowest BCUT2D eigenvalue weighted by Crippen LogP contribution is -2.24. The van der Waals surface area contributed by atoms with Gasteiger partial charge in [0.2, 0.25) is 0 Å². The van der Waals surface area contributed by atoms with E-state index in [1.54, 1.807) is 10.9 Å². The monoisotopic (exact) mass is 397 g/mol. The third kappa shape index (κ3) is 2.68. The lowest BCUT2D eigenvalue weighted by Gasteiger charge is -2.29. The normalized spacial score (nSPS) is 16.5. The average molecular weight is 397 g/mol. The first kappa shape index (κ1) is 14.5. The minimum atomic E-state index is -0.963. The molecular formula is C15H16IN3O2. The van der Waals surface area contributed by atoms with Crippen molar-refractivity contribution in [3.63, 3.8) is 0 Å². The van der Waals surface area contributed by atoms with Gasteiger partial charge in [-0.05, 0) is 59.4 Å². The summed E-state index contributed by atoms with van der Waals surface area (Å²) in [4.78, 5) is 15.8. The maximum Gasteiger partial charge on any atom is 0.356 e. The van der Waals surface area contributed by atoms with Crippen LogP contribution in [0.25, 0.3) is 5.82 Å². The highest BCUT2D eigenvalue weighted by Gasteiger charge is 2.33. The Bertz CT molecular complexity index is 722. The molecule has 1 N–H and O–H groups in total. The third-order valence-electron chi connectivity index (χ3n) is 3.91. The largest absolute Gasteiger partial charge is 0.476 e. The summed E-state index contributed by atoms with van der Waals surface area (Å²) in [5.41, 5.74) is 2.17. The molecule has 21 heavy (non-hydrogen) atoms. The van der Waals surface area contributed by atoms with E-state index < -0.39 is 5.97 Å². The summed E-state index contributed by atoms with van der Waals surface area (Å²) in [6.07, 6.45) is 4.27. The zero-order chi connectivity index (χ0) is 15.2. The van der Waals surface area contributed by atoms with Crippen molar-refractivity contribution in [1.82, 2.24) is 14.8 Å². The number of aromatic nitrogens is 3. The van der Waals surface area contributed by atoms with Gasteiger partial charge in [0, 0.05) is 15.3 Å². The Balaban J connectivity index is 2.19. The summed E-state index contributed by atoms with van der Waals surface area (Å²) in [5.74, 6) is -0.279. The van der Waals surface area contributed by atoms with Crippen LogP contribution in [0.3, 0.4) is 0 Å². The molecule has 2 heterocycles. The number of aromatic carboxylic acids is 1. The van der Waals surface area contributed by atoms with Crippen LogP contribution in [0.2, 0.25) is 0 Å². The number of rotatable bonds is 2. The molecule has 0 saturated heterocycles. The third-order valence-corrected chi connectivity index (χ3v) is 4.59. The molecule has 0 unspecified atom stereocenters. The minimum absolute atomic E-state index is 0.155. The van der Waals surface area contributed by atoms with Crippen molar-refractivity contribution in [3.8, 4) is 5.82 Å². The van der Waals surface area contributed by atoms with Gasteiger partial charge in [-0.1, -0.05) is 13.8 Å². The molecule has 0 fully saturated rings. The summed E-state index contributed by atoms with van der Waals surface area (Å²) in [7, 11) is 0. The molecule has 1 aliphatic carbocycles. The molecule has 6 heteroatoms. The zero-order valence-electron chi connectivity index (χ0n) is 11.9. The van der Waals surface area contributed by atoms with Gasteiger partial charge in [0.25, 0.3) is 0 Å². The highest BCUT2D eigenvalue weighted by Crippen LogP contribution is 2.37. The van der Waals surface area contributed by atoms with Gasteiger partial charge in [0.15, 0.2) is 11.5 Å². The van der Waals surface area contributed by atoms with Crippen LogP contribution in [-0.2, 0) is 12.8 Å². The first-order valence-corrected chi connectivity index (χ1v) is 7.91. The molecule has 0 aliphatic heterocycles. The van der Waals surface area contributed by atoms with Crippen molar-refractivity contribution in [2.45, 2.75) is 33.1 Å². The van der Waals surface area contributed by atoms with Crippen molar-refractivity contribution < 1.29 is 9.90 Å². The smallest absolute Gasteiger partial charge is 0.356 e. The van der Waals surface area contributed by atoms with Gasteiger partial charge < -0.3 is 5.11 Å². The van der Waals surface area contributed by atoms with Crippen molar-refractivity contribution in [2.24, 2.45) is 5.41 Å². The number of hydrogen-bond donors (Lipinski definition) is 1. The van der Waals surface area contributed by atoms with E-state index in [-0.39, 0.29) is 11.1 Å². The van der Waals surface area contributed by atoms with Crippen molar-refractivity contribution in [2.75, 3.05) is 0 Å². The van der Waals surface area contributed by atoms with Gasteiger partial charge in [-0.15, -0.1) is 0 Å². The number of pyridine rings is 1. The van der Waals surface area contributed by atoms with Gasteiger partial charge in [0.05, 0.1) is 5.69 Å². The van der Waals surface area contributed by atoms with Crippen molar-refractivity contribution >= 4 is 28.6 Å². The number of carboxylic acids is 1. The summed E-state index contributed by atoms with van der Waals surface area (Å²) in [5, 5.41) is 13.7. The van der Waals surface area contributed by atoms with Gasteiger partial charge in [-0.2, -0.15) is 5.10 Å². The fourth-order valence-electron chi connectivity index (χ4n) is 2.81. The summed E-state index contributed by atoms with van der Waals surface area (Å²) in [6.45, 7) is 4.41. The van der Waals surface area contributed by atoms with E-state index in [0.717, 1.165) is 34.1 Å². The van der Waals surface area contributed by atoms with Gasteiger partial charge in [-0.3, -0.25) is 0 Å². The molecule has 2 aromatic rings. The predicted octanol–water partition coefficient (Wildman–Crippen LogP) is 3.09. The topological polar surface area (TPSA) is 68.0 Å². The van der Waals surface area contributed by atoms with Gasteiger partial charge >= 0.3 is 5.97 Å². The molecule has 0 radical (unpaired) electrons. The van der Waals surface area contributed by atoms with Crippen LogP contribution in [0.5, 0.6) is 0 Å². The summed E-state index contributed by atoms with van der Waals surface area (Å²) in [6, 6.07) is 3.82. The number of halogens is 1. The van der Waals surface area contributed by atoms with Crippen LogP contribution in [-0.4, -0.2) is 25.8 Å². The number of fused-ring (bicyclic) bond motifs is 1. The predicted molar refractivity (Wildman–Crippen MR) is 86.8 cm³/mol. The van der Waals surface area contributed by atoms with E-state index in [9.17, 15) is 9.90 Å². The molecular weight excluding hydrogens is 381 g/mol. The van der Waals surface area contributed by atoms with Crippen molar-refractivity contribution in [1.29, 1.82) is 0 Å². The van der Waals surface area contributed by atoms with Crippen molar-refractivity contribution in [3.05, 3.63) is 38.9 Å². The highest BCUT2D eigenvalue weighted by atomic mass is 127. The van der Waals surface area contributed by atoms with Crippen LogP contribution in [0.15, 0.2) is 18.3 Å². The molecule has 0 spiro atoms. The van der Waals surface area contributed by atoms with E-state index >= 15 is 0 Å². The first-order chi connectivity index (χ1) is 9.87. The Morgan fingerprint density at radius 3 is 2.90 bits per heavy atom. The Hall–Kier alpha value is -1.44. The molecule has 3 rings (SSSR count). The number of nitrogens with zero attached hydrogens (tertiary/aromatic N) is 3. The van der Waals surface area contributed by atoms with Crippen LogP contribution in [0.4, 0.5) is 0 Å². The SMILES string of the molecule is CC1(C)CCc2c(C(=O)O)nn(-c3cc(I)ccn3)c2C1. The minimum Gasteiger partial charge on any atom is -0.476 e. The van der Waals surface area contributed by atoms with E-state index in [2.05, 4.69) is 46.5 Å². The molecule has 1 aliphatic rings. The first-order valence-electron chi connectivity index (χ1n) is 6.83. The molecule has 0 aromatic carbocycles. The van der Waals surface area contributed by atoms with E-state index in [0.29, 0.717) is 5.82 Å². The lowest BCUT2D eigenvalue weighted by molar-refractivity contribution is 0.0688. The Morgan fingerprint density at radius 1 is 1.48 bits per heavy atom. The molecule has 0 amide bonds. The number of carbonyl (C=O) groups is 1. The molecule has 0 bridgehead atoms. The number of carboxylic acid groups (broad SMARTS) is 1. The van der Waals surface area contributed by atoms with Crippen LogP contribution >= 0.6 is 22.6 Å². The second kappa shape index (κ2) is 5.08. The lowest BCUT2D eigenvalue weighted by atomic mass is 9.76. The second-order valence-corrected chi connectivity index (χ2v) is 7.41. The van der Waals surface area contributed by atoms with Gasteiger partial charge in [0.1, 0.15) is 0 Å². The van der Waals surface area contributed by atoms with E-state index in [1.165, 1.54) is 0 Å². The van der Waals surface area contributed by atoms with E-state index in [4.69, 9.17) is 0 Å². The van der Waals surface area contributed by atoms with Crippen LogP contribution in [0.1, 0.15) is 42.0 Å². The van der Waals surface area contributed by atoms with Crippen LogP contribution < -0.4 is 0 Å². The van der Waals surface area contributed by atoms with E-state index in [1.807, 2.05) is 12.1 Å². The molecule has 5 nitrogen and oxygen atoms in total. The quantitative estimate of drug-likeness (QED) is 0.791. The Morgan fingerprint density at radius 2 is 2.24 bits per heavy atom. The maximum atomic E-state index is 11.4. The summed E-state index contributed by atoms with van der Waals surface area (Å²) >= 11 is 2.22. The standard InChI is InChI=1S/C15H16IN3O2/c1-15(2)5-3-10-11(8-15)19(18-13(10)14(20)21)12-7-9(16)4-6-17-12/h4,6-7H,3,5,8H2,1-2H3,(H,20,21). The zero-order valence-corrected chi connectivity index (χ0v) is 14.1. The molecule has 110 valence electrons. The number of hydrogen-bond acceptors (Lipinski definition) is 3. The average Bonchev–Trinajstić information content (AvgIpc) is 2.76. The fraction of sp³-hybridized carbons (Fsp3) is 0.400. The Labute approximate surface area is 136 Å².